The van der Waals surface area contributed by atoms with E-state index in [9.17, 15) is 0 Å². The second-order valence-electron chi connectivity index (χ2n) is 7.40. The van der Waals surface area contributed by atoms with Gasteiger partial charge in [0.05, 0.1) is 0 Å². The maximum absolute atomic E-state index is 4.50. The summed E-state index contributed by atoms with van der Waals surface area (Å²) in [7, 11) is 6.16. The van der Waals surface area contributed by atoms with Crippen LogP contribution >= 0.6 is 35.7 Å². The molecule has 0 aliphatic carbocycles. The zero-order valence-electron chi connectivity index (χ0n) is 15.3. The van der Waals surface area contributed by atoms with Gasteiger partial charge in [-0.3, -0.25) is 4.99 Å². The van der Waals surface area contributed by atoms with Crippen LogP contribution in [0, 0.1) is 11.3 Å². The lowest BCUT2D eigenvalue weighted by atomic mass is 9.93. The third-order valence-electron chi connectivity index (χ3n) is 3.82. The summed E-state index contributed by atoms with van der Waals surface area (Å²) in [4.78, 5) is 9.17. The molecule has 1 heterocycles. The molecule has 6 heteroatoms. The summed E-state index contributed by atoms with van der Waals surface area (Å²) >= 11 is 2.10. The number of hydrogen-bond acceptors (Lipinski definition) is 3. The number of nitrogens with zero attached hydrogens (tertiary/aromatic N) is 3. The molecule has 0 spiro atoms. The second-order valence-corrected chi connectivity index (χ2v) is 8.75. The van der Waals surface area contributed by atoms with Gasteiger partial charge in [0.15, 0.2) is 5.96 Å². The minimum absolute atomic E-state index is 0. The van der Waals surface area contributed by atoms with E-state index in [0.717, 1.165) is 38.1 Å². The number of halogens is 1. The highest BCUT2D eigenvalue weighted by molar-refractivity contribution is 14.0. The van der Waals surface area contributed by atoms with Crippen LogP contribution in [0.3, 0.4) is 0 Å². The van der Waals surface area contributed by atoms with E-state index in [1.54, 1.807) is 0 Å². The highest BCUT2D eigenvalue weighted by Gasteiger charge is 2.26. The highest BCUT2D eigenvalue weighted by atomic mass is 127. The molecule has 0 bridgehead atoms. The van der Waals surface area contributed by atoms with Crippen molar-refractivity contribution in [2.45, 2.75) is 32.9 Å². The Hall–Kier alpha value is 0.310. The number of rotatable bonds is 5. The van der Waals surface area contributed by atoms with E-state index in [4.69, 9.17) is 0 Å². The summed E-state index contributed by atoms with van der Waals surface area (Å²) in [6.45, 7) is 13.5. The van der Waals surface area contributed by atoms with E-state index >= 15 is 0 Å². The number of nitrogens with one attached hydrogen (secondary N) is 1. The number of guanidine groups is 1. The molecule has 1 aliphatic rings. The molecule has 0 aromatic carbocycles. The molecule has 4 nitrogen and oxygen atoms in total. The van der Waals surface area contributed by atoms with Gasteiger partial charge in [0, 0.05) is 44.2 Å². The lowest BCUT2D eigenvalue weighted by Crippen LogP contribution is -2.51. The van der Waals surface area contributed by atoms with Gasteiger partial charge in [-0.1, -0.05) is 27.7 Å². The quantitative estimate of drug-likeness (QED) is 0.403. The molecule has 0 aromatic heterocycles. The van der Waals surface area contributed by atoms with Crippen molar-refractivity contribution in [2.75, 3.05) is 53.1 Å². The Kier molecular flexibility index (Phi) is 10.4. The molecule has 1 N–H and O–H groups in total. The predicted molar refractivity (Wildman–Crippen MR) is 112 cm³/mol. The molecule has 0 saturated carbocycles. The number of aliphatic imine (C=N–C) groups is 1. The summed E-state index contributed by atoms with van der Waals surface area (Å²) in [6.07, 6.45) is 0. The van der Waals surface area contributed by atoms with Crippen molar-refractivity contribution in [3.63, 3.8) is 0 Å². The first-order chi connectivity index (χ1) is 9.75. The Morgan fingerprint density at radius 1 is 1.41 bits per heavy atom. The number of thioether (sulfide) groups is 1. The van der Waals surface area contributed by atoms with Crippen LogP contribution in [0.4, 0.5) is 0 Å². The standard InChI is InChI=1S/C16H34N4S.HI/c1-13(2)14-10-20(8-9-21-14)15(17-5)18-11-16(3,4)12-19(6)7;/h13-14H,8-12H2,1-7H3,(H,17,18);1H. The van der Waals surface area contributed by atoms with E-state index in [0.29, 0.717) is 5.25 Å². The fourth-order valence-corrected chi connectivity index (χ4v) is 4.13. The van der Waals surface area contributed by atoms with Crippen LogP contribution in [0.25, 0.3) is 0 Å². The highest BCUT2D eigenvalue weighted by Crippen LogP contribution is 2.25. The first-order valence-electron chi connectivity index (χ1n) is 7.97. The number of hydrogen-bond donors (Lipinski definition) is 1. The van der Waals surface area contributed by atoms with Gasteiger partial charge in [-0.25, -0.2) is 0 Å². The third kappa shape index (κ3) is 7.73. The van der Waals surface area contributed by atoms with Crippen molar-refractivity contribution < 1.29 is 0 Å². The van der Waals surface area contributed by atoms with Crippen LogP contribution in [0.15, 0.2) is 4.99 Å². The Balaban J connectivity index is 0.00000441. The fourth-order valence-electron chi connectivity index (χ4n) is 2.83. The predicted octanol–water partition coefficient (Wildman–Crippen LogP) is 2.84. The van der Waals surface area contributed by atoms with Gasteiger partial charge in [-0.2, -0.15) is 11.8 Å². The minimum atomic E-state index is 0. The third-order valence-corrected chi connectivity index (χ3v) is 5.36. The monoisotopic (exact) mass is 442 g/mol. The van der Waals surface area contributed by atoms with Crippen LogP contribution in [0.1, 0.15) is 27.7 Å². The Morgan fingerprint density at radius 3 is 2.55 bits per heavy atom. The summed E-state index contributed by atoms with van der Waals surface area (Å²) < 4.78 is 0. The van der Waals surface area contributed by atoms with Crippen molar-refractivity contribution in [3.8, 4) is 0 Å². The Morgan fingerprint density at radius 2 is 2.05 bits per heavy atom. The van der Waals surface area contributed by atoms with Gasteiger partial charge >= 0.3 is 0 Å². The average Bonchev–Trinajstić information content (AvgIpc) is 2.38. The summed E-state index contributed by atoms with van der Waals surface area (Å²) in [5.74, 6) is 2.99. The van der Waals surface area contributed by atoms with E-state index < -0.39 is 0 Å². The summed E-state index contributed by atoms with van der Waals surface area (Å²) in [5, 5.41) is 4.30. The minimum Gasteiger partial charge on any atom is -0.356 e. The maximum atomic E-state index is 4.50. The molecular weight excluding hydrogens is 407 g/mol. The lowest BCUT2D eigenvalue weighted by molar-refractivity contribution is 0.238. The van der Waals surface area contributed by atoms with E-state index in [-0.39, 0.29) is 29.4 Å². The Labute approximate surface area is 158 Å². The van der Waals surface area contributed by atoms with Crippen LogP contribution in [-0.4, -0.2) is 74.1 Å². The molecule has 1 aliphatic heterocycles. The van der Waals surface area contributed by atoms with E-state index in [1.165, 1.54) is 5.75 Å². The average molecular weight is 442 g/mol. The lowest BCUT2D eigenvalue weighted by Gasteiger charge is -2.37. The maximum Gasteiger partial charge on any atom is 0.193 e. The van der Waals surface area contributed by atoms with Gasteiger partial charge < -0.3 is 15.1 Å². The van der Waals surface area contributed by atoms with Crippen molar-refractivity contribution in [2.24, 2.45) is 16.3 Å². The fraction of sp³-hybridized carbons (Fsp3) is 0.938. The van der Waals surface area contributed by atoms with E-state index in [1.807, 2.05) is 7.05 Å². The molecule has 1 rings (SSSR count). The Bertz CT molecular complexity index is 345. The van der Waals surface area contributed by atoms with Crippen molar-refractivity contribution in [3.05, 3.63) is 0 Å². The van der Waals surface area contributed by atoms with Crippen molar-refractivity contribution >= 4 is 41.7 Å². The van der Waals surface area contributed by atoms with Gasteiger partial charge in [0.25, 0.3) is 0 Å². The molecule has 22 heavy (non-hydrogen) atoms. The topological polar surface area (TPSA) is 30.9 Å². The molecule has 1 fully saturated rings. The molecule has 1 saturated heterocycles. The zero-order chi connectivity index (χ0) is 16.0. The van der Waals surface area contributed by atoms with Crippen molar-refractivity contribution in [1.82, 2.24) is 15.1 Å². The van der Waals surface area contributed by atoms with Crippen LogP contribution in [0.5, 0.6) is 0 Å². The summed E-state index contributed by atoms with van der Waals surface area (Å²) in [5.41, 5.74) is 0.238. The molecule has 1 unspecified atom stereocenters. The summed E-state index contributed by atoms with van der Waals surface area (Å²) in [6, 6.07) is 0. The van der Waals surface area contributed by atoms with Crippen molar-refractivity contribution in [1.29, 1.82) is 0 Å². The van der Waals surface area contributed by atoms with Gasteiger partial charge in [-0.05, 0) is 25.4 Å². The van der Waals surface area contributed by atoms with E-state index in [2.05, 4.69) is 73.7 Å². The molecular formula is C16H35IN4S. The first-order valence-corrected chi connectivity index (χ1v) is 9.02. The largest absolute Gasteiger partial charge is 0.356 e. The molecule has 132 valence electrons. The smallest absolute Gasteiger partial charge is 0.193 e. The van der Waals surface area contributed by atoms with Crippen LogP contribution < -0.4 is 5.32 Å². The normalized spacial score (nSPS) is 20.3. The zero-order valence-corrected chi connectivity index (χ0v) is 18.5. The first kappa shape index (κ1) is 22.3. The van der Waals surface area contributed by atoms with Crippen LogP contribution in [-0.2, 0) is 0 Å². The molecule has 1 atom stereocenters. The second kappa shape index (κ2) is 10.2. The molecule has 0 radical (unpaired) electrons. The van der Waals surface area contributed by atoms with Gasteiger partial charge in [0.1, 0.15) is 0 Å². The van der Waals surface area contributed by atoms with Crippen LogP contribution in [0.2, 0.25) is 0 Å². The molecule has 0 amide bonds. The molecule has 0 aromatic rings. The van der Waals surface area contributed by atoms with Gasteiger partial charge in [0.2, 0.25) is 0 Å². The SMILES string of the molecule is CN=C(NCC(C)(C)CN(C)C)N1CCSC(C(C)C)C1.I. The van der Waals surface area contributed by atoms with Gasteiger partial charge in [-0.15, -0.1) is 24.0 Å².